The van der Waals surface area contributed by atoms with Gasteiger partial charge in [0, 0.05) is 0 Å². The molecule has 2 rings (SSSR count). The summed E-state index contributed by atoms with van der Waals surface area (Å²) in [5.41, 5.74) is 0.895. The minimum atomic E-state index is -1.96. The fourth-order valence-electron chi connectivity index (χ4n) is 2.36. The number of hydrogen-bond donors (Lipinski definition) is 2. The van der Waals surface area contributed by atoms with Crippen LogP contribution in [0.25, 0.3) is 0 Å². The zero-order chi connectivity index (χ0) is 19.8. The molecule has 0 aliphatic carbocycles. The normalized spacial score (nSPS) is 23.9. The van der Waals surface area contributed by atoms with Crippen molar-refractivity contribution in [2.75, 3.05) is 13.2 Å². The predicted octanol–water partition coefficient (Wildman–Crippen LogP) is -0.285. The van der Waals surface area contributed by atoms with Gasteiger partial charge in [-0.1, -0.05) is 30.3 Å². The van der Waals surface area contributed by atoms with Gasteiger partial charge in [-0.05, 0) is 12.5 Å². The number of aliphatic hydroxyl groups excluding tert-OH is 2. The first-order valence-electron chi connectivity index (χ1n) is 8.44. The zero-order valence-corrected chi connectivity index (χ0v) is 14.8. The van der Waals surface area contributed by atoms with Gasteiger partial charge >= 0.3 is 5.97 Å². The van der Waals surface area contributed by atoms with E-state index in [0.29, 0.717) is 0 Å². The molecule has 0 spiro atoms. The topological polar surface area (TPSA) is 129 Å². The highest BCUT2D eigenvalue weighted by molar-refractivity contribution is 6.40. The summed E-state index contributed by atoms with van der Waals surface area (Å²) in [6, 6.07) is 9.26. The van der Waals surface area contributed by atoms with E-state index in [4.69, 9.17) is 18.9 Å². The van der Waals surface area contributed by atoms with Crippen LogP contribution in [0.2, 0.25) is 0 Å². The van der Waals surface area contributed by atoms with Crippen LogP contribution in [-0.4, -0.2) is 65.8 Å². The van der Waals surface area contributed by atoms with E-state index in [1.807, 2.05) is 30.3 Å². The van der Waals surface area contributed by atoms with Crippen molar-refractivity contribution in [3.63, 3.8) is 0 Å². The lowest BCUT2D eigenvalue weighted by Crippen LogP contribution is -2.54. The highest BCUT2D eigenvalue weighted by Gasteiger charge is 2.44. The molecular weight excluding hydrogens is 360 g/mol. The van der Waals surface area contributed by atoms with Crippen LogP contribution in [0.4, 0.5) is 0 Å². The molecule has 1 aliphatic rings. The first kappa shape index (κ1) is 21.1. The molecule has 4 atom stereocenters. The molecule has 0 saturated carbocycles. The van der Waals surface area contributed by atoms with Crippen molar-refractivity contribution in [3.05, 3.63) is 35.9 Å². The Hall–Kier alpha value is -2.17. The van der Waals surface area contributed by atoms with Crippen molar-refractivity contribution >= 4 is 17.5 Å². The number of ketones is 2. The minimum Gasteiger partial charge on any atom is -0.466 e. The van der Waals surface area contributed by atoms with E-state index in [2.05, 4.69) is 0 Å². The Balaban J connectivity index is 1.97. The third-order valence-corrected chi connectivity index (χ3v) is 3.69. The van der Waals surface area contributed by atoms with Gasteiger partial charge in [-0.2, -0.15) is 0 Å². The van der Waals surface area contributed by atoms with Crippen molar-refractivity contribution in [1.82, 2.24) is 0 Å². The van der Waals surface area contributed by atoms with Crippen molar-refractivity contribution in [2.45, 2.75) is 44.7 Å². The molecule has 27 heavy (non-hydrogen) atoms. The molecule has 2 unspecified atom stereocenters. The second-order valence-corrected chi connectivity index (χ2v) is 5.80. The van der Waals surface area contributed by atoms with Crippen LogP contribution in [0.5, 0.6) is 0 Å². The third-order valence-electron chi connectivity index (χ3n) is 3.69. The van der Waals surface area contributed by atoms with Crippen LogP contribution in [0, 0.1) is 0 Å². The first-order valence-corrected chi connectivity index (χ1v) is 8.44. The van der Waals surface area contributed by atoms with Gasteiger partial charge in [0.1, 0.15) is 0 Å². The number of rotatable bonds is 9. The lowest BCUT2D eigenvalue weighted by molar-refractivity contribution is -0.270. The summed E-state index contributed by atoms with van der Waals surface area (Å²) < 4.78 is 20.6. The third kappa shape index (κ3) is 6.19. The summed E-state index contributed by atoms with van der Waals surface area (Å²) in [6.45, 7) is 1.96. The molecule has 0 aromatic heterocycles. The fourth-order valence-corrected chi connectivity index (χ4v) is 2.36. The van der Waals surface area contributed by atoms with Gasteiger partial charge in [0.25, 0.3) is 5.78 Å². The quantitative estimate of drug-likeness (QED) is 0.437. The summed E-state index contributed by atoms with van der Waals surface area (Å²) in [5, 5.41) is 18.8. The van der Waals surface area contributed by atoms with Gasteiger partial charge in [-0.3, -0.25) is 14.4 Å². The van der Waals surface area contributed by atoms with Gasteiger partial charge in [0.2, 0.25) is 12.1 Å². The van der Waals surface area contributed by atoms with Crippen LogP contribution in [-0.2, 0) is 39.9 Å². The Morgan fingerprint density at radius 3 is 2.56 bits per heavy atom. The number of benzene rings is 1. The maximum absolute atomic E-state index is 11.9. The molecule has 9 heteroatoms. The van der Waals surface area contributed by atoms with Crippen molar-refractivity contribution < 1.29 is 43.5 Å². The van der Waals surface area contributed by atoms with Crippen LogP contribution in [0.3, 0.4) is 0 Å². The Kier molecular flexibility index (Phi) is 8.01. The van der Waals surface area contributed by atoms with Gasteiger partial charge in [-0.15, -0.1) is 0 Å². The van der Waals surface area contributed by atoms with Gasteiger partial charge in [0.05, 0.1) is 32.3 Å². The lowest BCUT2D eigenvalue weighted by Gasteiger charge is -2.30. The molecule has 1 saturated heterocycles. The molecular formula is C18H22O9. The summed E-state index contributed by atoms with van der Waals surface area (Å²) in [4.78, 5) is 35.3. The van der Waals surface area contributed by atoms with E-state index in [1.165, 1.54) is 0 Å². The molecule has 1 aliphatic heterocycles. The smallest absolute Gasteiger partial charge is 0.308 e. The summed E-state index contributed by atoms with van der Waals surface area (Å²) in [7, 11) is 0. The molecule has 1 fully saturated rings. The van der Waals surface area contributed by atoms with E-state index in [0.717, 1.165) is 5.56 Å². The van der Waals surface area contributed by atoms with Crippen molar-refractivity contribution in [2.24, 2.45) is 0 Å². The zero-order valence-electron chi connectivity index (χ0n) is 14.8. The highest BCUT2D eigenvalue weighted by Crippen LogP contribution is 2.17. The van der Waals surface area contributed by atoms with Crippen LogP contribution < -0.4 is 0 Å². The Morgan fingerprint density at radius 1 is 1.19 bits per heavy atom. The largest absolute Gasteiger partial charge is 0.466 e. The SMILES string of the molecule is CCOC(=O)C[C@@H](COCc1ccccc1)OC1O[C@H](O)C(O)C(=O)C1=O. The average Bonchev–Trinajstić information content (AvgIpc) is 2.65. The Labute approximate surface area is 155 Å². The number of carbonyl (C=O) groups excluding carboxylic acids is 3. The number of carbonyl (C=O) groups is 3. The molecule has 9 nitrogen and oxygen atoms in total. The van der Waals surface area contributed by atoms with E-state index in [-0.39, 0.29) is 26.2 Å². The minimum absolute atomic E-state index is 0.0896. The van der Waals surface area contributed by atoms with E-state index in [1.54, 1.807) is 6.92 Å². The van der Waals surface area contributed by atoms with Gasteiger partial charge in [0.15, 0.2) is 12.4 Å². The first-order chi connectivity index (χ1) is 12.9. The van der Waals surface area contributed by atoms with Gasteiger partial charge in [-0.25, -0.2) is 0 Å². The number of esters is 1. The predicted molar refractivity (Wildman–Crippen MR) is 89.1 cm³/mol. The summed E-state index contributed by atoms with van der Waals surface area (Å²) in [5.74, 6) is -2.95. The van der Waals surface area contributed by atoms with E-state index < -0.39 is 42.3 Å². The number of hydrogen-bond acceptors (Lipinski definition) is 9. The molecule has 0 amide bonds. The fraction of sp³-hybridized carbons (Fsp3) is 0.500. The van der Waals surface area contributed by atoms with Crippen LogP contribution in [0.15, 0.2) is 30.3 Å². The maximum atomic E-state index is 11.9. The highest BCUT2D eigenvalue weighted by atomic mass is 16.7. The monoisotopic (exact) mass is 382 g/mol. The lowest BCUT2D eigenvalue weighted by atomic mass is 10.1. The summed E-state index contributed by atoms with van der Waals surface area (Å²) in [6.07, 6.45) is -6.81. The Morgan fingerprint density at radius 2 is 1.89 bits per heavy atom. The molecule has 148 valence electrons. The molecule has 1 heterocycles. The molecule has 1 aromatic rings. The number of ether oxygens (including phenoxy) is 4. The Bertz CT molecular complexity index is 645. The van der Waals surface area contributed by atoms with Crippen LogP contribution in [0.1, 0.15) is 18.9 Å². The summed E-state index contributed by atoms with van der Waals surface area (Å²) >= 11 is 0. The molecule has 2 N–H and O–H groups in total. The second kappa shape index (κ2) is 10.2. The van der Waals surface area contributed by atoms with E-state index in [9.17, 15) is 24.6 Å². The standard InChI is InChI=1S/C18H22O9/c1-2-25-13(19)8-12(10-24-9-11-6-4-3-5-7-11)26-18-16(22)14(20)15(21)17(23)27-18/h3-7,12,15,17-18,21,23H,2,8-10H2,1H3/t12-,15?,17-,18?/m0/s1. The molecule has 0 bridgehead atoms. The van der Waals surface area contributed by atoms with Crippen molar-refractivity contribution in [1.29, 1.82) is 0 Å². The number of aliphatic hydroxyl groups is 2. The van der Waals surface area contributed by atoms with Crippen molar-refractivity contribution in [3.8, 4) is 0 Å². The maximum Gasteiger partial charge on any atom is 0.308 e. The van der Waals surface area contributed by atoms with E-state index >= 15 is 0 Å². The average molecular weight is 382 g/mol. The second-order valence-electron chi connectivity index (χ2n) is 5.80. The van der Waals surface area contributed by atoms with Gasteiger partial charge < -0.3 is 29.2 Å². The number of Topliss-reactive ketones (excluding diaryl/α,β-unsaturated/α-hetero) is 2. The molecule has 1 aromatic carbocycles. The molecule has 0 radical (unpaired) electrons. The van der Waals surface area contributed by atoms with Crippen LogP contribution >= 0.6 is 0 Å².